The normalized spacial score (nSPS) is 16.2. The van der Waals surface area contributed by atoms with E-state index in [0.717, 1.165) is 25.1 Å². The number of halogens is 2. The Hall–Kier alpha value is -0.280. The highest BCUT2D eigenvalue weighted by Crippen LogP contribution is 2.39. The van der Waals surface area contributed by atoms with Gasteiger partial charge in [0.05, 0.1) is 16.1 Å². The monoisotopic (exact) mass is 316 g/mol. The van der Waals surface area contributed by atoms with Crippen LogP contribution in [0, 0.1) is 0 Å². The number of rotatable bonds is 7. The molecule has 1 N–H and O–H groups in total. The number of nitrogens with one attached hydrogen (secondary N) is 1. The second kappa shape index (κ2) is 7.65. The van der Waals surface area contributed by atoms with Gasteiger partial charge in [-0.1, -0.05) is 56.1 Å². The molecule has 1 rings (SSSR count). The van der Waals surface area contributed by atoms with Gasteiger partial charge in [-0.05, 0) is 45.1 Å². The molecule has 2 unspecified atom stereocenters. The minimum atomic E-state index is -0.00737. The van der Waals surface area contributed by atoms with Gasteiger partial charge < -0.3 is 5.32 Å². The number of nitrogens with zero attached hydrogens (tertiary/aromatic N) is 1. The van der Waals surface area contributed by atoms with Gasteiger partial charge in [-0.15, -0.1) is 0 Å². The minimum absolute atomic E-state index is 0.00737. The average molecular weight is 317 g/mol. The first-order valence-electron chi connectivity index (χ1n) is 7.32. The Morgan fingerprint density at radius 2 is 1.80 bits per heavy atom. The Morgan fingerprint density at radius 1 is 1.20 bits per heavy atom. The maximum atomic E-state index is 6.43. The van der Waals surface area contributed by atoms with Crippen molar-refractivity contribution in [3.63, 3.8) is 0 Å². The summed E-state index contributed by atoms with van der Waals surface area (Å²) in [6.07, 6.45) is 1.03. The van der Waals surface area contributed by atoms with Gasteiger partial charge in [-0.25, -0.2) is 0 Å². The molecule has 1 aromatic carbocycles. The van der Waals surface area contributed by atoms with Crippen LogP contribution in [0.15, 0.2) is 18.2 Å². The summed E-state index contributed by atoms with van der Waals surface area (Å²) < 4.78 is 0. The summed E-state index contributed by atoms with van der Waals surface area (Å²) >= 11 is 12.6. The lowest BCUT2D eigenvalue weighted by Crippen LogP contribution is -2.53. The van der Waals surface area contributed by atoms with E-state index < -0.39 is 0 Å². The zero-order chi connectivity index (χ0) is 15.3. The zero-order valence-electron chi connectivity index (χ0n) is 13.1. The quantitative estimate of drug-likeness (QED) is 0.779. The molecule has 2 atom stereocenters. The summed E-state index contributed by atoms with van der Waals surface area (Å²) in [5, 5.41) is 4.71. The van der Waals surface area contributed by atoms with Gasteiger partial charge in [0.2, 0.25) is 0 Å². The standard InChI is InChI=1S/C16H26Cl2N2/c1-6-16(4,20(7-2)8-3)15(19-5)12-10-9-11-13(17)14(12)18/h9-11,15,19H,6-8H2,1-5H3. The minimum Gasteiger partial charge on any atom is -0.311 e. The third kappa shape index (κ3) is 3.30. The van der Waals surface area contributed by atoms with Gasteiger partial charge in [0.1, 0.15) is 0 Å². The Morgan fingerprint density at radius 3 is 2.25 bits per heavy atom. The number of likely N-dealkylation sites (N-methyl/N-ethyl adjacent to an activating group) is 2. The first-order chi connectivity index (χ1) is 9.46. The molecule has 0 saturated carbocycles. The third-order valence-electron chi connectivity index (χ3n) is 4.40. The molecule has 0 aliphatic rings. The van der Waals surface area contributed by atoms with Gasteiger partial charge in [-0.3, -0.25) is 4.90 Å². The molecule has 20 heavy (non-hydrogen) atoms. The van der Waals surface area contributed by atoms with Crippen LogP contribution < -0.4 is 5.32 Å². The van der Waals surface area contributed by atoms with Crippen molar-refractivity contribution in [1.82, 2.24) is 10.2 Å². The van der Waals surface area contributed by atoms with Crippen molar-refractivity contribution in [3.8, 4) is 0 Å². The van der Waals surface area contributed by atoms with E-state index in [0.29, 0.717) is 10.0 Å². The SMILES string of the molecule is CCN(CC)C(C)(CC)C(NC)c1cccc(Cl)c1Cl. The highest BCUT2D eigenvalue weighted by molar-refractivity contribution is 6.42. The highest BCUT2D eigenvalue weighted by atomic mass is 35.5. The fourth-order valence-corrected chi connectivity index (χ4v) is 3.52. The van der Waals surface area contributed by atoms with E-state index in [4.69, 9.17) is 23.2 Å². The second-order valence-electron chi connectivity index (χ2n) is 5.25. The van der Waals surface area contributed by atoms with E-state index >= 15 is 0 Å². The fourth-order valence-electron chi connectivity index (χ4n) is 3.10. The summed E-state index contributed by atoms with van der Waals surface area (Å²) in [6.45, 7) is 10.9. The summed E-state index contributed by atoms with van der Waals surface area (Å²) in [5.41, 5.74) is 1.06. The number of benzene rings is 1. The Bertz CT molecular complexity index is 432. The molecule has 0 amide bonds. The van der Waals surface area contributed by atoms with Crippen molar-refractivity contribution < 1.29 is 0 Å². The predicted octanol–water partition coefficient (Wildman–Crippen LogP) is 4.76. The molecule has 0 fully saturated rings. The van der Waals surface area contributed by atoms with Crippen LogP contribution in [-0.2, 0) is 0 Å². The summed E-state index contributed by atoms with van der Waals surface area (Å²) in [7, 11) is 1.99. The molecule has 114 valence electrons. The van der Waals surface area contributed by atoms with Crippen LogP contribution in [0.2, 0.25) is 10.0 Å². The van der Waals surface area contributed by atoms with Gasteiger partial charge in [0.15, 0.2) is 0 Å². The topological polar surface area (TPSA) is 15.3 Å². The summed E-state index contributed by atoms with van der Waals surface area (Å²) in [6, 6.07) is 6.00. The van der Waals surface area contributed by atoms with E-state index in [1.54, 1.807) is 0 Å². The van der Waals surface area contributed by atoms with E-state index in [1.807, 2.05) is 19.2 Å². The van der Waals surface area contributed by atoms with Crippen LogP contribution in [0.3, 0.4) is 0 Å². The van der Waals surface area contributed by atoms with Gasteiger partial charge in [0.25, 0.3) is 0 Å². The number of hydrogen-bond donors (Lipinski definition) is 1. The Kier molecular flexibility index (Phi) is 6.80. The van der Waals surface area contributed by atoms with Crippen LogP contribution in [0.1, 0.15) is 45.7 Å². The largest absolute Gasteiger partial charge is 0.311 e. The van der Waals surface area contributed by atoms with Crippen LogP contribution in [0.5, 0.6) is 0 Å². The van der Waals surface area contributed by atoms with Gasteiger partial charge in [0, 0.05) is 5.54 Å². The van der Waals surface area contributed by atoms with Crippen molar-refractivity contribution in [2.24, 2.45) is 0 Å². The molecule has 0 saturated heterocycles. The highest BCUT2D eigenvalue weighted by Gasteiger charge is 2.38. The lowest BCUT2D eigenvalue weighted by atomic mass is 9.82. The maximum absolute atomic E-state index is 6.43. The van der Waals surface area contributed by atoms with Crippen molar-refractivity contribution in [3.05, 3.63) is 33.8 Å². The molecule has 0 aliphatic heterocycles. The van der Waals surface area contributed by atoms with E-state index in [9.17, 15) is 0 Å². The average Bonchev–Trinajstić information content (AvgIpc) is 2.45. The van der Waals surface area contributed by atoms with Crippen molar-refractivity contribution in [2.45, 2.75) is 45.7 Å². The number of hydrogen-bond acceptors (Lipinski definition) is 2. The predicted molar refractivity (Wildman–Crippen MR) is 89.9 cm³/mol. The smallest absolute Gasteiger partial charge is 0.0640 e. The molecule has 0 aromatic heterocycles. The molecular formula is C16H26Cl2N2. The third-order valence-corrected chi connectivity index (χ3v) is 5.24. The lowest BCUT2D eigenvalue weighted by Gasteiger charge is -2.46. The summed E-state index contributed by atoms with van der Waals surface area (Å²) in [4.78, 5) is 2.48. The van der Waals surface area contributed by atoms with Crippen molar-refractivity contribution in [2.75, 3.05) is 20.1 Å². The Labute approximate surface area is 133 Å². The molecule has 4 heteroatoms. The molecule has 0 spiro atoms. The first-order valence-corrected chi connectivity index (χ1v) is 8.07. The fraction of sp³-hybridized carbons (Fsp3) is 0.625. The maximum Gasteiger partial charge on any atom is 0.0640 e. The van der Waals surface area contributed by atoms with Gasteiger partial charge in [-0.2, -0.15) is 0 Å². The molecule has 0 heterocycles. The first kappa shape index (κ1) is 17.8. The van der Waals surface area contributed by atoms with Gasteiger partial charge >= 0.3 is 0 Å². The van der Waals surface area contributed by atoms with Crippen LogP contribution in [0.4, 0.5) is 0 Å². The van der Waals surface area contributed by atoms with Crippen molar-refractivity contribution in [1.29, 1.82) is 0 Å². The molecular weight excluding hydrogens is 291 g/mol. The van der Waals surface area contributed by atoms with Crippen LogP contribution >= 0.6 is 23.2 Å². The second-order valence-corrected chi connectivity index (χ2v) is 6.03. The molecule has 1 aromatic rings. The van der Waals surface area contributed by atoms with Crippen LogP contribution in [-0.4, -0.2) is 30.6 Å². The molecule has 2 nitrogen and oxygen atoms in total. The molecule has 0 aliphatic carbocycles. The van der Waals surface area contributed by atoms with E-state index in [2.05, 4.69) is 44.0 Å². The molecule has 0 radical (unpaired) electrons. The summed E-state index contributed by atoms with van der Waals surface area (Å²) in [5.74, 6) is 0. The van der Waals surface area contributed by atoms with Crippen LogP contribution in [0.25, 0.3) is 0 Å². The van der Waals surface area contributed by atoms with Crippen molar-refractivity contribution >= 4 is 23.2 Å². The Balaban J connectivity index is 3.31. The zero-order valence-corrected chi connectivity index (χ0v) is 14.6. The molecule has 0 bridgehead atoms. The van der Waals surface area contributed by atoms with E-state index in [-0.39, 0.29) is 11.6 Å². The lowest BCUT2D eigenvalue weighted by molar-refractivity contribution is 0.0728. The van der Waals surface area contributed by atoms with E-state index in [1.165, 1.54) is 0 Å².